The first-order valence-corrected chi connectivity index (χ1v) is 6.42. The van der Waals surface area contributed by atoms with Crippen LogP contribution in [0.1, 0.15) is 26.3 Å². The number of aliphatic hydroxyl groups excluding tert-OH is 1. The Bertz CT molecular complexity index is 538. The van der Waals surface area contributed by atoms with E-state index in [2.05, 4.69) is 5.32 Å². The molecule has 1 atom stereocenters. The van der Waals surface area contributed by atoms with E-state index in [0.29, 0.717) is 0 Å². The Kier molecular flexibility index (Phi) is 5.39. The van der Waals surface area contributed by atoms with Crippen molar-refractivity contribution in [1.82, 2.24) is 0 Å². The number of ether oxygens (including phenoxy) is 1. The molecule has 1 unspecified atom stereocenters. The van der Waals surface area contributed by atoms with Crippen LogP contribution in [0.2, 0.25) is 0 Å². The highest BCUT2D eigenvalue weighted by atomic mass is 19.4. The number of halogens is 4. The van der Waals surface area contributed by atoms with Gasteiger partial charge in [0.15, 0.2) is 6.10 Å². The molecule has 0 aliphatic carbocycles. The molecule has 8 heteroatoms. The first-order valence-electron chi connectivity index (χ1n) is 6.42. The first-order chi connectivity index (χ1) is 9.88. The maximum absolute atomic E-state index is 13.2. The summed E-state index contributed by atoms with van der Waals surface area (Å²) in [5.74, 6) is -0.779. The van der Waals surface area contributed by atoms with Crippen molar-refractivity contribution in [2.75, 3.05) is 5.32 Å². The quantitative estimate of drug-likeness (QED) is 0.835. The summed E-state index contributed by atoms with van der Waals surface area (Å²) in [7, 11) is 0. The van der Waals surface area contributed by atoms with Crippen LogP contribution in [0.25, 0.3) is 0 Å². The van der Waals surface area contributed by atoms with E-state index in [1.807, 2.05) is 0 Å². The minimum Gasteiger partial charge on any atom is -0.444 e. The van der Waals surface area contributed by atoms with Gasteiger partial charge in [0.05, 0.1) is 0 Å². The van der Waals surface area contributed by atoms with Gasteiger partial charge in [0.1, 0.15) is 11.4 Å². The predicted octanol–water partition coefficient (Wildman–Crippen LogP) is 3.64. The number of hydrogen-bond donors (Lipinski definition) is 2. The van der Waals surface area contributed by atoms with Crippen LogP contribution >= 0.6 is 0 Å². The highest BCUT2D eigenvalue weighted by molar-refractivity contribution is 5.86. The lowest BCUT2D eigenvalue weighted by atomic mass is 10.1. The molecule has 1 aromatic rings. The van der Waals surface area contributed by atoms with E-state index in [0.717, 1.165) is 18.2 Å². The molecule has 124 valence electrons. The predicted molar refractivity (Wildman–Crippen MR) is 72.0 cm³/mol. The van der Waals surface area contributed by atoms with Crippen LogP contribution in [0.3, 0.4) is 0 Å². The lowest BCUT2D eigenvalue weighted by Gasteiger charge is -2.21. The maximum atomic E-state index is 13.2. The Labute approximate surface area is 125 Å². The third-order valence-electron chi connectivity index (χ3n) is 2.49. The first kappa shape index (κ1) is 18.2. The van der Waals surface area contributed by atoms with E-state index in [1.165, 1.54) is 0 Å². The molecule has 0 heterocycles. The zero-order chi connectivity index (χ0) is 17.1. The lowest BCUT2D eigenvalue weighted by molar-refractivity contribution is -0.203. The van der Waals surface area contributed by atoms with Gasteiger partial charge < -0.3 is 9.84 Å². The largest absolute Gasteiger partial charge is 0.444 e. The topological polar surface area (TPSA) is 58.6 Å². The smallest absolute Gasteiger partial charge is 0.414 e. The Morgan fingerprint density at radius 2 is 1.91 bits per heavy atom. The third-order valence-corrected chi connectivity index (χ3v) is 2.49. The Balaban J connectivity index is 2.94. The zero-order valence-corrected chi connectivity index (χ0v) is 12.3. The van der Waals surface area contributed by atoms with Gasteiger partial charge in [-0.3, -0.25) is 5.32 Å². The summed E-state index contributed by atoms with van der Waals surface area (Å²) in [5.41, 5.74) is -1.04. The van der Waals surface area contributed by atoms with E-state index >= 15 is 0 Å². The van der Waals surface area contributed by atoms with Crippen LogP contribution in [-0.2, 0) is 11.2 Å². The number of alkyl halides is 3. The van der Waals surface area contributed by atoms with Crippen LogP contribution in [0.15, 0.2) is 18.2 Å². The van der Waals surface area contributed by atoms with Gasteiger partial charge in [0.2, 0.25) is 0 Å². The van der Waals surface area contributed by atoms with E-state index in [9.17, 15) is 22.4 Å². The van der Waals surface area contributed by atoms with Crippen molar-refractivity contribution in [3.63, 3.8) is 0 Å². The fourth-order valence-corrected chi connectivity index (χ4v) is 1.59. The molecule has 0 spiro atoms. The molecule has 0 saturated heterocycles. The monoisotopic (exact) mass is 323 g/mol. The number of amides is 1. The van der Waals surface area contributed by atoms with Gasteiger partial charge >= 0.3 is 12.3 Å². The molecular formula is C14H17F4NO3. The molecule has 0 radical (unpaired) electrons. The molecule has 0 aliphatic rings. The molecule has 0 fully saturated rings. The summed E-state index contributed by atoms with van der Waals surface area (Å²) in [6.45, 7) is 4.85. The van der Waals surface area contributed by atoms with Gasteiger partial charge in [-0.25, -0.2) is 9.18 Å². The van der Waals surface area contributed by atoms with Crippen molar-refractivity contribution < 1.29 is 32.2 Å². The van der Waals surface area contributed by atoms with E-state index in [1.54, 1.807) is 20.8 Å². The number of nitrogens with one attached hydrogen (secondary N) is 1. The third kappa shape index (κ3) is 5.88. The minimum atomic E-state index is -4.84. The van der Waals surface area contributed by atoms with Crippen molar-refractivity contribution in [2.24, 2.45) is 0 Å². The summed E-state index contributed by atoms with van der Waals surface area (Å²) in [4.78, 5) is 11.6. The normalized spacial score (nSPS) is 13.6. The maximum Gasteiger partial charge on any atom is 0.414 e. The van der Waals surface area contributed by atoms with E-state index < -0.39 is 36.2 Å². The van der Waals surface area contributed by atoms with Gasteiger partial charge in [0, 0.05) is 12.1 Å². The fraction of sp³-hybridized carbons (Fsp3) is 0.500. The number of carbonyl (C=O) groups is 1. The second-order valence-corrected chi connectivity index (χ2v) is 5.69. The lowest BCUT2D eigenvalue weighted by Crippen LogP contribution is -2.31. The number of rotatable bonds is 3. The molecule has 0 aromatic heterocycles. The average Bonchev–Trinajstić information content (AvgIpc) is 2.29. The van der Waals surface area contributed by atoms with Gasteiger partial charge in [-0.05, 0) is 44.5 Å². The molecule has 0 aliphatic heterocycles. The van der Waals surface area contributed by atoms with Gasteiger partial charge in [-0.2, -0.15) is 13.2 Å². The SMILES string of the molecule is CC(C)(C)OC(=O)Nc1ccc(F)cc1CC(O)C(F)(F)F. The summed E-state index contributed by atoms with van der Waals surface area (Å²) < 4.78 is 55.4. The van der Waals surface area contributed by atoms with Crippen LogP contribution in [0.4, 0.5) is 28.0 Å². The number of carbonyl (C=O) groups excluding carboxylic acids is 1. The van der Waals surface area contributed by atoms with Crippen molar-refractivity contribution in [3.8, 4) is 0 Å². The molecular weight excluding hydrogens is 306 g/mol. The number of hydrogen-bond acceptors (Lipinski definition) is 3. The van der Waals surface area contributed by atoms with Gasteiger partial charge in [-0.1, -0.05) is 0 Å². The number of anilines is 1. The van der Waals surface area contributed by atoms with Crippen LogP contribution < -0.4 is 5.32 Å². The average molecular weight is 323 g/mol. The summed E-state index contributed by atoms with van der Waals surface area (Å²) in [6, 6.07) is 2.91. The molecule has 4 nitrogen and oxygen atoms in total. The minimum absolute atomic E-state index is 0.0565. The van der Waals surface area contributed by atoms with Crippen LogP contribution in [0, 0.1) is 5.82 Å². The summed E-state index contributed by atoms with van der Waals surface area (Å²) >= 11 is 0. The number of aliphatic hydroxyl groups is 1. The Morgan fingerprint density at radius 3 is 2.41 bits per heavy atom. The van der Waals surface area contributed by atoms with E-state index in [-0.39, 0.29) is 11.3 Å². The Hall–Kier alpha value is -1.83. The number of benzene rings is 1. The zero-order valence-electron chi connectivity index (χ0n) is 12.3. The second-order valence-electron chi connectivity index (χ2n) is 5.69. The molecule has 22 heavy (non-hydrogen) atoms. The molecule has 1 rings (SSSR count). The Morgan fingerprint density at radius 1 is 1.32 bits per heavy atom. The van der Waals surface area contributed by atoms with Gasteiger partial charge in [0.25, 0.3) is 0 Å². The highest BCUT2D eigenvalue weighted by Gasteiger charge is 2.38. The molecule has 1 aromatic carbocycles. The fourth-order valence-electron chi connectivity index (χ4n) is 1.59. The van der Waals surface area contributed by atoms with Gasteiger partial charge in [-0.15, -0.1) is 0 Å². The van der Waals surface area contributed by atoms with Crippen molar-refractivity contribution >= 4 is 11.8 Å². The summed E-state index contributed by atoms with van der Waals surface area (Å²) in [5, 5.41) is 11.3. The van der Waals surface area contributed by atoms with E-state index in [4.69, 9.17) is 9.84 Å². The molecule has 1 amide bonds. The second kappa shape index (κ2) is 6.51. The summed E-state index contributed by atoms with van der Waals surface area (Å²) in [6.07, 6.45) is -9.27. The standard InChI is InChI=1S/C14H17F4NO3/c1-13(2,3)22-12(21)19-10-5-4-9(15)6-8(10)7-11(20)14(16,17)18/h4-6,11,20H,7H2,1-3H3,(H,19,21). The molecule has 2 N–H and O–H groups in total. The van der Waals surface area contributed by atoms with Crippen molar-refractivity contribution in [1.29, 1.82) is 0 Å². The van der Waals surface area contributed by atoms with Crippen molar-refractivity contribution in [3.05, 3.63) is 29.6 Å². The van der Waals surface area contributed by atoms with Crippen molar-refractivity contribution in [2.45, 2.75) is 45.1 Å². The van der Waals surface area contributed by atoms with Crippen LogP contribution in [0.5, 0.6) is 0 Å². The highest BCUT2D eigenvalue weighted by Crippen LogP contribution is 2.27. The van der Waals surface area contributed by atoms with Crippen LogP contribution in [-0.4, -0.2) is 29.1 Å². The molecule has 0 saturated carbocycles. The molecule has 0 bridgehead atoms.